The van der Waals surface area contributed by atoms with E-state index in [-0.39, 0.29) is 12.4 Å². The third-order valence-electron chi connectivity index (χ3n) is 2.97. The first-order valence-corrected chi connectivity index (χ1v) is 5.69. The van der Waals surface area contributed by atoms with Gasteiger partial charge in [0.05, 0.1) is 0 Å². The molecular weight excluding hydrogens is 222 g/mol. The lowest BCUT2D eigenvalue weighted by atomic mass is 9.99. The molecule has 90 valence electrons. The second kappa shape index (κ2) is 6.71. The standard InChI is InChI=1S/C12H19N3.ClH/c1-15(12-6-2-3-8-14-12)10-11-5-4-7-13-9-11;/h2-3,6,8,11,13H,4-5,7,9-10H2,1H3;1H. The van der Waals surface area contributed by atoms with Crippen LogP contribution in [0.25, 0.3) is 0 Å². The average Bonchev–Trinajstić information content (AvgIpc) is 2.31. The quantitative estimate of drug-likeness (QED) is 0.877. The third kappa shape index (κ3) is 3.65. The van der Waals surface area contributed by atoms with Crippen molar-refractivity contribution in [3.63, 3.8) is 0 Å². The molecule has 0 bridgehead atoms. The van der Waals surface area contributed by atoms with Crippen LogP contribution in [0.15, 0.2) is 24.4 Å². The Kier molecular flexibility index (Phi) is 5.56. The van der Waals surface area contributed by atoms with Crippen LogP contribution in [0.1, 0.15) is 12.8 Å². The molecule has 2 rings (SSSR count). The first kappa shape index (κ1) is 13.3. The number of hydrogen-bond donors (Lipinski definition) is 1. The van der Waals surface area contributed by atoms with Crippen molar-refractivity contribution in [3.8, 4) is 0 Å². The summed E-state index contributed by atoms with van der Waals surface area (Å²) in [6, 6.07) is 6.06. The molecule has 1 unspecified atom stereocenters. The van der Waals surface area contributed by atoms with E-state index >= 15 is 0 Å². The highest BCUT2D eigenvalue weighted by molar-refractivity contribution is 5.85. The molecule has 0 spiro atoms. The highest BCUT2D eigenvalue weighted by Crippen LogP contribution is 2.14. The number of hydrogen-bond acceptors (Lipinski definition) is 3. The van der Waals surface area contributed by atoms with E-state index in [0.29, 0.717) is 0 Å². The van der Waals surface area contributed by atoms with Crippen LogP contribution < -0.4 is 10.2 Å². The molecule has 0 aromatic carbocycles. The summed E-state index contributed by atoms with van der Waals surface area (Å²) in [6.45, 7) is 3.44. The van der Waals surface area contributed by atoms with Gasteiger partial charge in [-0.3, -0.25) is 0 Å². The maximum Gasteiger partial charge on any atom is 0.128 e. The van der Waals surface area contributed by atoms with E-state index in [1.807, 2.05) is 18.3 Å². The molecule has 1 aliphatic heterocycles. The van der Waals surface area contributed by atoms with Gasteiger partial charge in [0.15, 0.2) is 0 Å². The highest BCUT2D eigenvalue weighted by Gasteiger charge is 2.15. The monoisotopic (exact) mass is 241 g/mol. The van der Waals surface area contributed by atoms with Crippen molar-refractivity contribution in [2.45, 2.75) is 12.8 Å². The van der Waals surface area contributed by atoms with E-state index in [9.17, 15) is 0 Å². The molecule has 0 saturated carbocycles. The van der Waals surface area contributed by atoms with Crippen LogP contribution in [0.3, 0.4) is 0 Å². The molecule has 2 heterocycles. The van der Waals surface area contributed by atoms with E-state index in [0.717, 1.165) is 24.8 Å². The minimum absolute atomic E-state index is 0. The number of pyridine rings is 1. The van der Waals surface area contributed by atoms with Crippen LogP contribution in [0.5, 0.6) is 0 Å². The van der Waals surface area contributed by atoms with Gasteiger partial charge in [0, 0.05) is 19.8 Å². The zero-order chi connectivity index (χ0) is 10.5. The minimum Gasteiger partial charge on any atom is -0.359 e. The van der Waals surface area contributed by atoms with E-state index in [1.54, 1.807) is 0 Å². The van der Waals surface area contributed by atoms with Crippen LogP contribution in [0.4, 0.5) is 5.82 Å². The van der Waals surface area contributed by atoms with Crippen LogP contribution in [-0.2, 0) is 0 Å². The number of halogens is 1. The number of piperidine rings is 1. The summed E-state index contributed by atoms with van der Waals surface area (Å²) in [5.41, 5.74) is 0. The molecule has 1 aromatic heterocycles. The zero-order valence-corrected chi connectivity index (χ0v) is 10.5. The molecule has 0 amide bonds. The highest BCUT2D eigenvalue weighted by atomic mass is 35.5. The van der Waals surface area contributed by atoms with Crippen molar-refractivity contribution < 1.29 is 0 Å². The van der Waals surface area contributed by atoms with Gasteiger partial charge in [0.2, 0.25) is 0 Å². The van der Waals surface area contributed by atoms with Crippen molar-refractivity contribution in [1.29, 1.82) is 0 Å². The van der Waals surface area contributed by atoms with Crippen molar-refractivity contribution in [1.82, 2.24) is 10.3 Å². The van der Waals surface area contributed by atoms with Crippen molar-refractivity contribution in [2.75, 3.05) is 31.6 Å². The third-order valence-corrected chi connectivity index (χ3v) is 2.97. The molecule has 1 atom stereocenters. The largest absolute Gasteiger partial charge is 0.359 e. The van der Waals surface area contributed by atoms with Gasteiger partial charge in [-0.2, -0.15) is 0 Å². The second-order valence-corrected chi connectivity index (χ2v) is 4.28. The second-order valence-electron chi connectivity index (χ2n) is 4.28. The number of nitrogens with zero attached hydrogens (tertiary/aromatic N) is 2. The summed E-state index contributed by atoms with van der Waals surface area (Å²) in [6.07, 6.45) is 4.50. The molecule has 1 saturated heterocycles. The summed E-state index contributed by atoms with van der Waals surface area (Å²) in [5, 5.41) is 3.44. The lowest BCUT2D eigenvalue weighted by Gasteiger charge is -2.28. The number of anilines is 1. The minimum atomic E-state index is 0. The predicted octanol–water partition coefficient (Wildman–Crippen LogP) is 1.94. The molecule has 16 heavy (non-hydrogen) atoms. The predicted molar refractivity (Wildman–Crippen MR) is 70.3 cm³/mol. The van der Waals surface area contributed by atoms with Crippen molar-refractivity contribution in [3.05, 3.63) is 24.4 Å². The molecule has 0 radical (unpaired) electrons. The Balaban J connectivity index is 0.00000128. The summed E-state index contributed by atoms with van der Waals surface area (Å²) in [4.78, 5) is 6.60. The Labute approximate surface area is 104 Å². The number of aromatic nitrogens is 1. The SMILES string of the molecule is CN(CC1CCCNC1)c1ccccn1.Cl. The smallest absolute Gasteiger partial charge is 0.128 e. The summed E-state index contributed by atoms with van der Waals surface area (Å²) in [5.74, 6) is 1.84. The van der Waals surface area contributed by atoms with Crippen LogP contribution in [0.2, 0.25) is 0 Å². The fourth-order valence-electron chi connectivity index (χ4n) is 2.14. The summed E-state index contributed by atoms with van der Waals surface area (Å²) in [7, 11) is 2.12. The Hall–Kier alpha value is -0.800. The van der Waals surface area contributed by atoms with Gasteiger partial charge in [-0.1, -0.05) is 6.07 Å². The van der Waals surface area contributed by atoms with Crippen LogP contribution in [0, 0.1) is 5.92 Å². The summed E-state index contributed by atoms with van der Waals surface area (Å²) >= 11 is 0. The maximum atomic E-state index is 4.35. The number of rotatable bonds is 3. The topological polar surface area (TPSA) is 28.2 Å². The Morgan fingerprint density at radius 2 is 2.38 bits per heavy atom. The normalized spacial score (nSPS) is 19.9. The van der Waals surface area contributed by atoms with Crippen molar-refractivity contribution in [2.24, 2.45) is 5.92 Å². The first-order chi connectivity index (χ1) is 7.36. The van der Waals surface area contributed by atoms with Gasteiger partial charge >= 0.3 is 0 Å². The van der Waals surface area contributed by atoms with Gasteiger partial charge in [-0.25, -0.2) is 4.98 Å². The molecule has 1 fully saturated rings. The summed E-state index contributed by atoms with van der Waals surface area (Å²) < 4.78 is 0. The van der Waals surface area contributed by atoms with Gasteiger partial charge in [-0.15, -0.1) is 12.4 Å². The molecule has 0 aliphatic carbocycles. The van der Waals surface area contributed by atoms with Crippen molar-refractivity contribution >= 4 is 18.2 Å². The molecular formula is C12H20ClN3. The van der Waals surface area contributed by atoms with Gasteiger partial charge in [0.1, 0.15) is 5.82 Å². The molecule has 4 heteroatoms. The van der Waals surface area contributed by atoms with Crippen LogP contribution in [-0.4, -0.2) is 31.7 Å². The zero-order valence-electron chi connectivity index (χ0n) is 9.72. The maximum absolute atomic E-state index is 4.35. The van der Waals surface area contributed by atoms with E-state index in [4.69, 9.17) is 0 Å². The number of nitrogens with one attached hydrogen (secondary N) is 1. The lowest BCUT2D eigenvalue weighted by Crippen LogP contribution is -2.37. The molecule has 1 aliphatic rings. The Morgan fingerprint density at radius 1 is 1.50 bits per heavy atom. The van der Waals surface area contributed by atoms with E-state index < -0.39 is 0 Å². The molecule has 1 aromatic rings. The van der Waals surface area contributed by atoms with E-state index in [1.165, 1.54) is 19.4 Å². The fourth-order valence-corrected chi connectivity index (χ4v) is 2.14. The van der Waals surface area contributed by atoms with Gasteiger partial charge in [0.25, 0.3) is 0 Å². The first-order valence-electron chi connectivity index (χ1n) is 5.69. The fraction of sp³-hybridized carbons (Fsp3) is 0.583. The van der Waals surface area contributed by atoms with E-state index in [2.05, 4.69) is 28.3 Å². The Bertz CT molecular complexity index is 286. The van der Waals surface area contributed by atoms with Gasteiger partial charge in [-0.05, 0) is 44.0 Å². The average molecular weight is 242 g/mol. The van der Waals surface area contributed by atoms with Crippen LogP contribution >= 0.6 is 12.4 Å². The van der Waals surface area contributed by atoms with Gasteiger partial charge < -0.3 is 10.2 Å². The molecule has 1 N–H and O–H groups in total. The Morgan fingerprint density at radius 3 is 3.00 bits per heavy atom. The lowest BCUT2D eigenvalue weighted by molar-refractivity contribution is 0.380. The molecule has 3 nitrogen and oxygen atoms in total.